The molecule has 4 heteroatoms. The van der Waals surface area contributed by atoms with Crippen molar-refractivity contribution in [1.29, 1.82) is 0 Å². The summed E-state index contributed by atoms with van der Waals surface area (Å²) in [6, 6.07) is 5.53. The van der Waals surface area contributed by atoms with Gasteiger partial charge in [-0.2, -0.15) is 0 Å². The van der Waals surface area contributed by atoms with Crippen LogP contribution in [0.25, 0.3) is 0 Å². The molecule has 1 rings (SSSR count). The summed E-state index contributed by atoms with van der Waals surface area (Å²) in [5.74, 6) is 1.48. The van der Waals surface area contributed by atoms with Crippen LogP contribution in [0, 0.1) is 5.92 Å². The number of ether oxygens (including phenoxy) is 1. The van der Waals surface area contributed by atoms with Gasteiger partial charge in [-0.3, -0.25) is 0 Å². The first kappa shape index (κ1) is 13.7. The van der Waals surface area contributed by atoms with Gasteiger partial charge in [-0.05, 0) is 24.1 Å². The van der Waals surface area contributed by atoms with Crippen molar-refractivity contribution in [1.82, 2.24) is 0 Å². The first-order valence-electron chi connectivity index (χ1n) is 5.35. The number of nitrogens with two attached hydrogens (primary N) is 1. The van der Waals surface area contributed by atoms with Gasteiger partial charge in [0.05, 0.1) is 6.61 Å². The van der Waals surface area contributed by atoms with Gasteiger partial charge in [0.25, 0.3) is 0 Å². The highest BCUT2D eigenvalue weighted by atomic mass is 35.5. The van der Waals surface area contributed by atoms with Crippen molar-refractivity contribution < 1.29 is 4.74 Å². The van der Waals surface area contributed by atoms with E-state index in [1.165, 1.54) is 0 Å². The lowest BCUT2D eigenvalue weighted by Gasteiger charge is -2.08. The minimum atomic E-state index is 0.584. The topological polar surface area (TPSA) is 35.2 Å². The second-order valence-electron chi connectivity index (χ2n) is 4.00. The number of nitrogen functional groups attached to an aromatic ring is 1. The van der Waals surface area contributed by atoms with Gasteiger partial charge in [0.2, 0.25) is 0 Å². The van der Waals surface area contributed by atoms with Crippen molar-refractivity contribution >= 4 is 29.1 Å². The van der Waals surface area contributed by atoms with Crippen LogP contribution >= 0.6 is 23.4 Å². The number of halogens is 1. The van der Waals surface area contributed by atoms with Gasteiger partial charge in [-0.1, -0.05) is 25.4 Å². The molecule has 0 unspecified atom stereocenters. The third kappa shape index (κ3) is 5.10. The largest absolute Gasteiger partial charge is 0.398 e. The maximum atomic E-state index is 5.90. The number of anilines is 1. The van der Waals surface area contributed by atoms with E-state index in [9.17, 15) is 0 Å². The molecule has 0 aliphatic rings. The minimum Gasteiger partial charge on any atom is -0.398 e. The van der Waals surface area contributed by atoms with E-state index in [2.05, 4.69) is 13.8 Å². The summed E-state index contributed by atoms with van der Waals surface area (Å²) in [6.07, 6.45) is 0. The van der Waals surface area contributed by atoms with E-state index in [0.717, 1.165) is 34.6 Å². The molecule has 0 fully saturated rings. The predicted octanol–water partition coefficient (Wildman–Crippen LogP) is 3.69. The number of rotatable bonds is 6. The Bertz CT molecular complexity index is 331. The van der Waals surface area contributed by atoms with Crippen molar-refractivity contribution in [2.45, 2.75) is 18.7 Å². The quantitative estimate of drug-likeness (QED) is 0.481. The maximum absolute atomic E-state index is 5.90. The molecule has 0 saturated carbocycles. The average Bonchev–Trinajstić information content (AvgIpc) is 2.22. The van der Waals surface area contributed by atoms with Crippen molar-refractivity contribution in [2.75, 3.05) is 24.7 Å². The van der Waals surface area contributed by atoms with Gasteiger partial charge in [-0.25, -0.2) is 0 Å². The van der Waals surface area contributed by atoms with Gasteiger partial charge in [-0.15, -0.1) is 11.8 Å². The van der Waals surface area contributed by atoms with E-state index in [1.54, 1.807) is 17.8 Å². The predicted molar refractivity (Wildman–Crippen MR) is 72.2 cm³/mol. The van der Waals surface area contributed by atoms with Gasteiger partial charge in [0, 0.05) is 28.0 Å². The Morgan fingerprint density at radius 1 is 1.44 bits per heavy atom. The summed E-state index contributed by atoms with van der Waals surface area (Å²) in [5.41, 5.74) is 6.61. The highest BCUT2D eigenvalue weighted by molar-refractivity contribution is 7.99. The van der Waals surface area contributed by atoms with Gasteiger partial charge < -0.3 is 10.5 Å². The Morgan fingerprint density at radius 3 is 2.88 bits per heavy atom. The molecular formula is C12H18ClNOS. The lowest BCUT2D eigenvalue weighted by Crippen LogP contribution is -2.04. The van der Waals surface area contributed by atoms with Crippen LogP contribution in [0.15, 0.2) is 23.1 Å². The molecule has 0 heterocycles. The molecule has 0 spiro atoms. The molecule has 0 atom stereocenters. The summed E-state index contributed by atoms with van der Waals surface area (Å²) in [6.45, 7) is 5.84. The molecule has 0 bridgehead atoms. The zero-order chi connectivity index (χ0) is 12.0. The van der Waals surface area contributed by atoms with Crippen LogP contribution in [0.3, 0.4) is 0 Å². The Morgan fingerprint density at radius 2 is 2.19 bits per heavy atom. The fourth-order valence-electron chi connectivity index (χ4n) is 1.16. The van der Waals surface area contributed by atoms with E-state index < -0.39 is 0 Å². The van der Waals surface area contributed by atoms with Gasteiger partial charge in [0.15, 0.2) is 0 Å². The average molecular weight is 260 g/mol. The second-order valence-corrected chi connectivity index (χ2v) is 5.57. The van der Waals surface area contributed by atoms with Gasteiger partial charge >= 0.3 is 0 Å². The van der Waals surface area contributed by atoms with E-state index in [1.807, 2.05) is 12.1 Å². The smallest absolute Gasteiger partial charge is 0.0560 e. The van der Waals surface area contributed by atoms with Gasteiger partial charge in [0.1, 0.15) is 0 Å². The van der Waals surface area contributed by atoms with E-state index in [-0.39, 0.29) is 0 Å². The number of hydrogen-bond acceptors (Lipinski definition) is 3. The normalized spacial score (nSPS) is 11.0. The monoisotopic (exact) mass is 259 g/mol. The number of hydrogen-bond donors (Lipinski definition) is 1. The van der Waals surface area contributed by atoms with Crippen molar-refractivity contribution in [3.05, 3.63) is 23.2 Å². The molecule has 90 valence electrons. The highest BCUT2D eigenvalue weighted by Gasteiger charge is 2.01. The van der Waals surface area contributed by atoms with Crippen molar-refractivity contribution in [2.24, 2.45) is 5.92 Å². The molecule has 0 saturated heterocycles. The maximum Gasteiger partial charge on any atom is 0.0560 e. The molecule has 0 aliphatic carbocycles. The third-order valence-electron chi connectivity index (χ3n) is 1.91. The first-order valence-corrected chi connectivity index (χ1v) is 6.71. The van der Waals surface area contributed by atoms with Crippen LogP contribution in [-0.4, -0.2) is 19.0 Å². The first-order chi connectivity index (χ1) is 7.59. The lowest BCUT2D eigenvalue weighted by molar-refractivity contribution is 0.124. The molecule has 0 aromatic heterocycles. The van der Waals surface area contributed by atoms with Crippen LogP contribution in [0.4, 0.5) is 5.69 Å². The standard InChI is InChI=1S/C12H18ClNOS/c1-9(2)8-15-5-6-16-12-7-10(13)3-4-11(12)14/h3-4,7,9H,5-6,8,14H2,1-2H3. The molecule has 0 aliphatic heterocycles. The molecular weight excluding hydrogens is 242 g/mol. The zero-order valence-electron chi connectivity index (χ0n) is 9.70. The summed E-state index contributed by atoms with van der Waals surface area (Å²) in [7, 11) is 0. The molecule has 0 amide bonds. The van der Waals surface area contributed by atoms with E-state index in [0.29, 0.717) is 5.92 Å². The number of thioether (sulfide) groups is 1. The molecule has 16 heavy (non-hydrogen) atoms. The van der Waals surface area contributed by atoms with Crippen LogP contribution in [-0.2, 0) is 4.74 Å². The Hall–Kier alpha value is -0.380. The van der Waals surface area contributed by atoms with Crippen LogP contribution in [0.5, 0.6) is 0 Å². The SMILES string of the molecule is CC(C)COCCSc1cc(Cl)ccc1N. The molecule has 2 nitrogen and oxygen atoms in total. The fourth-order valence-corrected chi connectivity index (χ4v) is 2.27. The Kier molecular flexibility index (Phi) is 6.03. The molecule has 1 aromatic rings. The Balaban J connectivity index is 2.29. The summed E-state index contributed by atoms with van der Waals surface area (Å²) < 4.78 is 5.49. The van der Waals surface area contributed by atoms with Crippen LogP contribution in [0.1, 0.15) is 13.8 Å². The zero-order valence-corrected chi connectivity index (χ0v) is 11.3. The lowest BCUT2D eigenvalue weighted by atomic mass is 10.2. The van der Waals surface area contributed by atoms with Crippen LogP contribution in [0.2, 0.25) is 5.02 Å². The second kappa shape index (κ2) is 7.05. The molecule has 1 aromatic carbocycles. The molecule has 2 N–H and O–H groups in total. The Labute approximate surface area is 107 Å². The summed E-state index contributed by atoms with van der Waals surface area (Å²) in [4.78, 5) is 1.03. The minimum absolute atomic E-state index is 0.584. The fraction of sp³-hybridized carbons (Fsp3) is 0.500. The van der Waals surface area contributed by atoms with E-state index in [4.69, 9.17) is 22.1 Å². The molecule has 0 radical (unpaired) electrons. The van der Waals surface area contributed by atoms with Crippen molar-refractivity contribution in [3.63, 3.8) is 0 Å². The summed E-state index contributed by atoms with van der Waals surface area (Å²) >= 11 is 7.58. The third-order valence-corrected chi connectivity index (χ3v) is 3.18. The summed E-state index contributed by atoms with van der Waals surface area (Å²) in [5, 5.41) is 0.722. The van der Waals surface area contributed by atoms with E-state index >= 15 is 0 Å². The van der Waals surface area contributed by atoms with Crippen molar-refractivity contribution in [3.8, 4) is 0 Å². The highest BCUT2D eigenvalue weighted by Crippen LogP contribution is 2.27. The number of benzene rings is 1. The van der Waals surface area contributed by atoms with Crippen LogP contribution < -0.4 is 5.73 Å².